The van der Waals surface area contributed by atoms with Gasteiger partial charge in [-0.3, -0.25) is 25.3 Å². The summed E-state index contributed by atoms with van der Waals surface area (Å²) in [5, 5.41) is 18.4. The number of likely N-dealkylation sites (tertiary alicyclic amines) is 1. The van der Waals surface area contributed by atoms with Crippen LogP contribution in [0, 0.1) is 0 Å². The summed E-state index contributed by atoms with van der Waals surface area (Å²) in [6, 6.07) is 0. The maximum Gasteiger partial charge on any atom is 0.252 e. The molecule has 7 heteroatoms. The van der Waals surface area contributed by atoms with Crippen molar-refractivity contribution in [2.45, 2.75) is 19.1 Å². The molecule has 1 aliphatic heterocycles. The van der Waals surface area contributed by atoms with Gasteiger partial charge in [0.1, 0.15) is 0 Å². The minimum Gasteiger partial charge on any atom is -0.389 e. The van der Waals surface area contributed by atoms with Crippen LogP contribution in [-0.4, -0.2) is 58.8 Å². The highest BCUT2D eigenvalue weighted by atomic mass is 16.3. The predicted octanol–water partition coefficient (Wildman–Crippen LogP) is -2.81. The van der Waals surface area contributed by atoms with Crippen LogP contribution in [0.15, 0.2) is 0 Å². The van der Waals surface area contributed by atoms with Crippen molar-refractivity contribution >= 4 is 11.8 Å². The first-order valence-electron chi connectivity index (χ1n) is 4.63. The van der Waals surface area contributed by atoms with Gasteiger partial charge in [0.25, 0.3) is 5.91 Å². The average Bonchev–Trinajstić information content (AvgIpc) is 2.42. The number of aliphatic hydroxyl groups is 2. The molecular weight excluding hydrogens is 202 g/mol. The van der Waals surface area contributed by atoms with Crippen molar-refractivity contribution in [2.75, 3.05) is 19.6 Å². The molecule has 7 nitrogen and oxygen atoms in total. The average molecular weight is 217 g/mol. The van der Waals surface area contributed by atoms with E-state index in [1.165, 1.54) is 6.92 Å². The molecule has 0 saturated carbocycles. The first kappa shape index (κ1) is 11.9. The van der Waals surface area contributed by atoms with Crippen LogP contribution in [0.25, 0.3) is 0 Å². The standard InChI is InChI=1S/C8H15N3O4/c1-5(12)9-10-8(15)4-11-2-6(13)7(14)3-11/h6-7,13-14H,2-4H2,1H3,(H,9,12)(H,10,15). The van der Waals surface area contributed by atoms with Crippen LogP contribution >= 0.6 is 0 Å². The minimum atomic E-state index is -0.807. The second kappa shape index (κ2) is 5.06. The van der Waals surface area contributed by atoms with Gasteiger partial charge in [0.2, 0.25) is 5.91 Å². The molecule has 0 bridgehead atoms. The van der Waals surface area contributed by atoms with Crippen LogP contribution in [-0.2, 0) is 9.59 Å². The summed E-state index contributed by atoms with van der Waals surface area (Å²) in [5.74, 6) is -0.739. The fourth-order valence-corrected chi connectivity index (χ4v) is 1.38. The molecule has 0 aromatic heterocycles. The third kappa shape index (κ3) is 3.82. The van der Waals surface area contributed by atoms with Crippen molar-refractivity contribution < 1.29 is 19.8 Å². The normalized spacial score (nSPS) is 26.3. The van der Waals surface area contributed by atoms with Gasteiger partial charge in [-0.15, -0.1) is 0 Å². The molecule has 1 fully saturated rings. The van der Waals surface area contributed by atoms with Crippen molar-refractivity contribution in [3.63, 3.8) is 0 Å². The van der Waals surface area contributed by atoms with E-state index < -0.39 is 12.2 Å². The summed E-state index contributed by atoms with van der Waals surface area (Å²) in [5.41, 5.74) is 4.35. The van der Waals surface area contributed by atoms with Crippen molar-refractivity contribution in [3.8, 4) is 0 Å². The molecule has 1 heterocycles. The van der Waals surface area contributed by atoms with E-state index in [-0.39, 0.29) is 31.4 Å². The van der Waals surface area contributed by atoms with Gasteiger partial charge in [-0.05, 0) is 0 Å². The number of nitrogens with one attached hydrogen (secondary N) is 2. The lowest BCUT2D eigenvalue weighted by atomic mass is 10.3. The first-order valence-corrected chi connectivity index (χ1v) is 4.63. The molecule has 0 aliphatic carbocycles. The SMILES string of the molecule is CC(=O)NNC(=O)CN1CC(O)C(O)C1. The minimum absolute atomic E-state index is 0.0361. The number of amides is 2. The van der Waals surface area contributed by atoms with Gasteiger partial charge in [-0.2, -0.15) is 0 Å². The molecular formula is C8H15N3O4. The molecule has 0 radical (unpaired) electrons. The Kier molecular flexibility index (Phi) is 4.01. The lowest BCUT2D eigenvalue weighted by Crippen LogP contribution is -2.45. The zero-order valence-corrected chi connectivity index (χ0v) is 8.43. The lowest BCUT2D eigenvalue weighted by molar-refractivity contribution is -0.128. The number of carbonyl (C=O) groups excluding carboxylic acids is 2. The molecule has 4 N–H and O–H groups in total. The number of hydrogen-bond acceptors (Lipinski definition) is 5. The van der Waals surface area contributed by atoms with E-state index >= 15 is 0 Å². The van der Waals surface area contributed by atoms with Gasteiger partial charge in [0.05, 0.1) is 18.8 Å². The molecule has 1 rings (SSSR count). The third-order valence-corrected chi connectivity index (χ3v) is 2.08. The van der Waals surface area contributed by atoms with Crippen molar-refractivity contribution in [3.05, 3.63) is 0 Å². The maximum atomic E-state index is 11.2. The van der Waals surface area contributed by atoms with E-state index in [9.17, 15) is 19.8 Å². The molecule has 86 valence electrons. The van der Waals surface area contributed by atoms with Crippen molar-refractivity contribution in [2.24, 2.45) is 0 Å². The van der Waals surface area contributed by atoms with Crippen LogP contribution in [0.2, 0.25) is 0 Å². The third-order valence-electron chi connectivity index (χ3n) is 2.08. The number of hydrogen-bond donors (Lipinski definition) is 4. The second-order valence-corrected chi connectivity index (χ2v) is 3.56. The molecule has 0 aromatic rings. The van der Waals surface area contributed by atoms with E-state index in [1.807, 2.05) is 0 Å². The number of carbonyl (C=O) groups is 2. The quantitative estimate of drug-likeness (QED) is 0.374. The van der Waals surface area contributed by atoms with Gasteiger partial charge < -0.3 is 10.2 Å². The summed E-state index contributed by atoms with van der Waals surface area (Å²) < 4.78 is 0. The van der Waals surface area contributed by atoms with Crippen LogP contribution in [0.4, 0.5) is 0 Å². The number of nitrogens with zero attached hydrogens (tertiary/aromatic N) is 1. The Morgan fingerprint density at radius 3 is 2.27 bits per heavy atom. The number of β-amino-alcohol motifs (C(OH)–C–C–N with tert-alkyl or cyclic N) is 2. The van der Waals surface area contributed by atoms with Gasteiger partial charge in [0.15, 0.2) is 0 Å². The molecule has 2 atom stereocenters. The van der Waals surface area contributed by atoms with Gasteiger partial charge in [-0.25, -0.2) is 0 Å². The van der Waals surface area contributed by atoms with Crippen LogP contribution in [0.1, 0.15) is 6.92 Å². The predicted molar refractivity (Wildman–Crippen MR) is 50.4 cm³/mol. The molecule has 15 heavy (non-hydrogen) atoms. The molecule has 0 aromatic carbocycles. The Labute approximate surface area is 87.0 Å². The highest BCUT2D eigenvalue weighted by Gasteiger charge is 2.30. The van der Waals surface area contributed by atoms with Crippen molar-refractivity contribution in [1.29, 1.82) is 0 Å². The Morgan fingerprint density at radius 2 is 1.80 bits per heavy atom. The van der Waals surface area contributed by atoms with Crippen LogP contribution in [0.3, 0.4) is 0 Å². The molecule has 0 spiro atoms. The topological polar surface area (TPSA) is 102 Å². The molecule has 1 aliphatic rings. The van der Waals surface area contributed by atoms with Gasteiger partial charge >= 0.3 is 0 Å². The van der Waals surface area contributed by atoms with Crippen LogP contribution < -0.4 is 10.9 Å². The Balaban J connectivity index is 2.24. The van der Waals surface area contributed by atoms with Gasteiger partial charge in [-0.1, -0.05) is 0 Å². The van der Waals surface area contributed by atoms with Crippen LogP contribution in [0.5, 0.6) is 0 Å². The first-order chi connectivity index (χ1) is 6.99. The highest BCUT2D eigenvalue weighted by molar-refractivity contribution is 5.81. The zero-order chi connectivity index (χ0) is 11.4. The van der Waals surface area contributed by atoms with E-state index in [1.54, 1.807) is 4.90 Å². The number of hydrazine groups is 1. The summed E-state index contributed by atoms with van der Waals surface area (Å²) >= 11 is 0. The summed E-state index contributed by atoms with van der Waals surface area (Å²) in [6.45, 7) is 1.83. The highest BCUT2D eigenvalue weighted by Crippen LogP contribution is 2.08. The van der Waals surface area contributed by atoms with Gasteiger partial charge in [0, 0.05) is 20.0 Å². The fraction of sp³-hybridized carbons (Fsp3) is 0.750. The number of rotatable bonds is 2. The van der Waals surface area contributed by atoms with E-state index in [0.717, 1.165) is 0 Å². The summed E-state index contributed by atoms with van der Waals surface area (Å²) in [6.07, 6.45) is -1.61. The van der Waals surface area contributed by atoms with Crippen molar-refractivity contribution in [1.82, 2.24) is 15.8 Å². The molecule has 2 amide bonds. The lowest BCUT2D eigenvalue weighted by Gasteiger charge is -2.13. The van der Waals surface area contributed by atoms with E-state index in [0.29, 0.717) is 0 Å². The molecule has 2 unspecified atom stereocenters. The maximum absolute atomic E-state index is 11.2. The number of aliphatic hydroxyl groups excluding tert-OH is 2. The Morgan fingerprint density at radius 1 is 1.27 bits per heavy atom. The van der Waals surface area contributed by atoms with E-state index in [2.05, 4.69) is 10.9 Å². The summed E-state index contributed by atoms with van der Waals surface area (Å²) in [4.78, 5) is 23.3. The Bertz CT molecular complexity index is 248. The zero-order valence-electron chi connectivity index (χ0n) is 8.43. The fourth-order valence-electron chi connectivity index (χ4n) is 1.38. The van der Waals surface area contributed by atoms with E-state index in [4.69, 9.17) is 0 Å². The largest absolute Gasteiger partial charge is 0.389 e. The monoisotopic (exact) mass is 217 g/mol. The Hall–Kier alpha value is -1.18. The molecule has 1 saturated heterocycles. The summed E-state index contributed by atoms with van der Waals surface area (Å²) in [7, 11) is 0. The smallest absolute Gasteiger partial charge is 0.252 e. The second-order valence-electron chi connectivity index (χ2n) is 3.56.